The van der Waals surface area contributed by atoms with Gasteiger partial charge in [-0.25, -0.2) is 18.3 Å². The number of benzene rings is 3. The lowest BCUT2D eigenvalue weighted by Crippen LogP contribution is -2.11. The Morgan fingerprint density at radius 2 is 1.70 bits per heavy atom. The fourth-order valence-corrected chi connectivity index (χ4v) is 3.26. The number of amides is 1. The molecular weight excluding hydrogens is 428 g/mol. The van der Waals surface area contributed by atoms with E-state index in [1.807, 2.05) is 0 Å². The molecule has 0 aliphatic carbocycles. The van der Waals surface area contributed by atoms with Crippen molar-refractivity contribution in [2.45, 2.75) is 6.92 Å². The molecule has 0 unspecified atom stereocenters. The number of anilines is 1. The van der Waals surface area contributed by atoms with Gasteiger partial charge >= 0.3 is 5.97 Å². The van der Waals surface area contributed by atoms with Crippen LogP contribution in [0.3, 0.4) is 0 Å². The van der Waals surface area contributed by atoms with Crippen LogP contribution in [0.25, 0.3) is 16.9 Å². The molecule has 0 bridgehead atoms. The van der Waals surface area contributed by atoms with E-state index in [2.05, 4.69) is 10.4 Å². The summed E-state index contributed by atoms with van der Waals surface area (Å²) < 4.78 is 33.5. The van der Waals surface area contributed by atoms with Crippen LogP contribution in [0.1, 0.15) is 27.8 Å². The number of carbonyl (C=O) groups excluding carboxylic acids is 2. The second kappa shape index (κ2) is 9.44. The van der Waals surface area contributed by atoms with Gasteiger partial charge in [0.05, 0.1) is 18.0 Å². The second-order valence-electron chi connectivity index (χ2n) is 7.07. The highest BCUT2D eigenvalue weighted by molar-refractivity contribution is 6.04. The Morgan fingerprint density at radius 1 is 0.939 bits per heavy atom. The monoisotopic (exact) mass is 447 g/mol. The van der Waals surface area contributed by atoms with Gasteiger partial charge in [-0.1, -0.05) is 18.2 Å². The number of halogens is 2. The summed E-state index contributed by atoms with van der Waals surface area (Å²) in [6, 6.07) is 19.4. The maximum atomic E-state index is 13.9. The molecule has 0 aliphatic rings. The molecule has 6 nitrogen and oxygen atoms in total. The first kappa shape index (κ1) is 21.9. The smallest absolute Gasteiger partial charge is 0.358 e. The third-order valence-electron chi connectivity index (χ3n) is 4.77. The Kier molecular flexibility index (Phi) is 6.26. The number of rotatable bonds is 6. The van der Waals surface area contributed by atoms with Crippen molar-refractivity contribution < 1.29 is 23.1 Å². The van der Waals surface area contributed by atoms with Crippen LogP contribution in [0.15, 0.2) is 78.9 Å². The molecule has 8 heteroatoms. The van der Waals surface area contributed by atoms with E-state index < -0.39 is 23.5 Å². The Bertz CT molecular complexity index is 1320. The van der Waals surface area contributed by atoms with Gasteiger partial charge in [-0.05, 0) is 67.6 Å². The Hall–Kier alpha value is -4.33. The number of aromatic nitrogens is 2. The number of carbonyl (C=O) groups is 2. The van der Waals surface area contributed by atoms with E-state index in [1.54, 1.807) is 49.4 Å². The molecule has 1 amide bonds. The van der Waals surface area contributed by atoms with Crippen molar-refractivity contribution in [2.24, 2.45) is 0 Å². The van der Waals surface area contributed by atoms with Gasteiger partial charge < -0.3 is 10.1 Å². The van der Waals surface area contributed by atoms with Crippen LogP contribution in [0, 0.1) is 11.6 Å². The lowest BCUT2D eigenvalue weighted by molar-refractivity contribution is 0.0519. The molecule has 1 N–H and O–H groups in total. The van der Waals surface area contributed by atoms with Crippen molar-refractivity contribution in [3.05, 3.63) is 102 Å². The van der Waals surface area contributed by atoms with Gasteiger partial charge in [0.25, 0.3) is 5.91 Å². The van der Waals surface area contributed by atoms with Crippen molar-refractivity contribution in [3.8, 4) is 16.9 Å². The molecule has 166 valence electrons. The first-order chi connectivity index (χ1) is 15.9. The van der Waals surface area contributed by atoms with E-state index in [0.717, 1.165) is 0 Å². The van der Waals surface area contributed by atoms with Crippen molar-refractivity contribution in [2.75, 3.05) is 11.9 Å². The third kappa shape index (κ3) is 4.95. The van der Waals surface area contributed by atoms with Gasteiger partial charge in [0.15, 0.2) is 5.69 Å². The van der Waals surface area contributed by atoms with Crippen LogP contribution in [0.5, 0.6) is 0 Å². The van der Waals surface area contributed by atoms with Gasteiger partial charge in [0, 0.05) is 16.8 Å². The van der Waals surface area contributed by atoms with Crippen LogP contribution < -0.4 is 5.32 Å². The van der Waals surface area contributed by atoms with Gasteiger partial charge in [-0.2, -0.15) is 5.10 Å². The maximum Gasteiger partial charge on any atom is 0.358 e. The first-order valence-corrected chi connectivity index (χ1v) is 10.1. The molecule has 0 saturated carbocycles. The van der Waals surface area contributed by atoms with E-state index in [-0.39, 0.29) is 12.3 Å². The van der Waals surface area contributed by atoms with Gasteiger partial charge in [0.2, 0.25) is 0 Å². The molecule has 1 heterocycles. The fourth-order valence-electron chi connectivity index (χ4n) is 3.26. The first-order valence-electron chi connectivity index (χ1n) is 10.1. The summed E-state index contributed by atoms with van der Waals surface area (Å²) in [4.78, 5) is 24.8. The highest BCUT2D eigenvalue weighted by Gasteiger charge is 2.18. The summed E-state index contributed by atoms with van der Waals surface area (Å²) in [6.07, 6.45) is 0. The van der Waals surface area contributed by atoms with Crippen LogP contribution in [-0.4, -0.2) is 28.3 Å². The zero-order chi connectivity index (χ0) is 23.4. The molecule has 4 rings (SSSR count). The van der Waals surface area contributed by atoms with Crippen molar-refractivity contribution in [3.63, 3.8) is 0 Å². The normalized spacial score (nSPS) is 10.6. The second-order valence-corrected chi connectivity index (χ2v) is 7.07. The number of hydrogen-bond acceptors (Lipinski definition) is 4. The third-order valence-corrected chi connectivity index (χ3v) is 4.77. The molecule has 0 radical (unpaired) electrons. The molecule has 0 saturated heterocycles. The predicted octanol–water partition coefficient (Wildman–Crippen LogP) is 5.25. The van der Waals surface area contributed by atoms with Gasteiger partial charge in [-0.15, -0.1) is 0 Å². The minimum atomic E-state index is -0.602. The Balaban J connectivity index is 1.71. The minimum absolute atomic E-state index is 0.0665. The molecule has 0 fully saturated rings. The topological polar surface area (TPSA) is 73.2 Å². The highest BCUT2D eigenvalue weighted by atomic mass is 19.1. The summed E-state index contributed by atoms with van der Waals surface area (Å²) in [7, 11) is 0. The summed E-state index contributed by atoms with van der Waals surface area (Å²) >= 11 is 0. The van der Waals surface area contributed by atoms with Crippen molar-refractivity contribution in [1.82, 2.24) is 9.78 Å². The van der Waals surface area contributed by atoms with Crippen LogP contribution in [0.2, 0.25) is 0 Å². The van der Waals surface area contributed by atoms with E-state index in [1.165, 1.54) is 41.1 Å². The molecule has 0 atom stereocenters. The van der Waals surface area contributed by atoms with Crippen LogP contribution >= 0.6 is 0 Å². The van der Waals surface area contributed by atoms with Gasteiger partial charge in [0.1, 0.15) is 11.6 Å². The zero-order valence-electron chi connectivity index (χ0n) is 17.6. The predicted molar refractivity (Wildman–Crippen MR) is 119 cm³/mol. The molecule has 1 aromatic heterocycles. The standard InChI is InChI=1S/C25H19F2N3O3/c1-2-33-25(32)22-15-23(30(29-22)21-8-4-6-19(27)14-21)17-5-3-7-20(13-17)28-24(31)16-9-11-18(26)12-10-16/h3-15H,2H2,1H3,(H,28,31). The van der Waals surface area contributed by atoms with Crippen LogP contribution in [0.4, 0.5) is 14.5 Å². The number of hydrogen-bond donors (Lipinski definition) is 1. The Morgan fingerprint density at radius 3 is 2.42 bits per heavy atom. The van der Waals surface area contributed by atoms with E-state index in [9.17, 15) is 18.4 Å². The van der Waals surface area contributed by atoms with E-state index >= 15 is 0 Å². The average molecular weight is 447 g/mol. The quantitative estimate of drug-likeness (QED) is 0.410. The SMILES string of the molecule is CCOC(=O)c1cc(-c2cccc(NC(=O)c3ccc(F)cc3)c2)n(-c2cccc(F)c2)n1. The molecule has 33 heavy (non-hydrogen) atoms. The number of esters is 1. The van der Waals surface area contributed by atoms with E-state index in [4.69, 9.17) is 4.74 Å². The average Bonchev–Trinajstić information content (AvgIpc) is 3.26. The van der Waals surface area contributed by atoms with Crippen molar-refractivity contribution in [1.29, 1.82) is 0 Å². The zero-order valence-corrected chi connectivity index (χ0v) is 17.6. The van der Waals surface area contributed by atoms with E-state index in [0.29, 0.717) is 28.2 Å². The van der Waals surface area contributed by atoms with Gasteiger partial charge in [-0.3, -0.25) is 4.79 Å². The summed E-state index contributed by atoms with van der Waals surface area (Å²) in [6.45, 7) is 1.88. The van der Waals surface area contributed by atoms with Crippen LogP contribution in [-0.2, 0) is 4.74 Å². The summed E-state index contributed by atoms with van der Waals surface area (Å²) in [5.74, 6) is -1.89. The lowest BCUT2D eigenvalue weighted by atomic mass is 10.1. The molecule has 3 aromatic carbocycles. The molecule has 0 spiro atoms. The minimum Gasteiger partial charge on any atom is -0.461 e. The fraction of sp³-hybridized carbons (Fsp3) is 0.0800. The number of nitrogens with zero attached hydrogens (tertiary/aromatic N) is 2. The largest absolute Gasteiger partial charge is 0.461 e. The number of nitrogens with one attached hydrogen (secondary N) is 1. The maximum absolute atomic E-state index is 13.9. The summed E-state index contributed by atoms with van der Waals surface area (Å²) in [5.41, 5.74) is 2.39. The highest BCUT2D eigenvalue weighted by Crippen LogP contribution is 2.27. The molecular formula is C25H19F2N3O3. The summed E-state index contributed by atoms with van der Waals surface area (Å²) in [5, 5.41) is 7.08. The molecule has 0 aliphatic heterocycles. The molecule has 4 aromatic rings. The number of ether oxygens (including phenoxy) is 1. The lowest BCUT2D eigenvalue weighted by Gasteiger charge is -2.10. The Labute approximate surface area is 188 Å². The van der Waals surface area contributed by atoms with Crippen molar-refractivity contribution >= 4 is 17.6 Å².